The van der Waals surface area contributed by atoms with Crippen molar-refractivity contribution < 1.29 is 17.9 Å². The minimum absolute atomic E-state index is 0.0413. The lowest BCUT2D eigenvalue weighted by molar-refractivity contribution is -0.137. The molecule has 0 amide bonds. The van der Waals surface area contributed by atoms with Crippen molar-refractivity contribution in [1.82, 2.24) is 19.7 Å². The number of halogens is 4. The van der Waals surface area contributed by atoms with Gasteiger partial charge in [0.1, 0.15) is 5.02 Å². The summed E-state index contributed by atoms with van der Waals surface area (Å²) in [6.07, 6.45) is -2.13. The second kappa shape index (κ2) is 8.91. The zero-order valence-corrected chi connectivity index (χ0v) is 17.6. The molecule has 0 aromatic carbocycles. The number of hydrogen-bond acceptors (Lipinski definition) is 6. The highest BCUT2D eigenvalue weighted by Crippen LogP contribution is 2.28. The molecule has 1 fully saturated rings. The average molecular weight is 446 g/mol. The van der Waals surface area contributed by atoms with Crippen molar-refractivity contribution in [2.45, 2.75) is 32.2 Å². The van der Waals surface area contributed by atoms with Gasteiger partial charge in [0.2, 0.25) is 0 Å². The topological polar surface area (TPSA) is 63.5 Å². The summed E-state index contributed by atoms with van der Waals surface area (Å²) in [5.41, 5.74) is -1.12. The fourth-order valence-corrected chi connectivity index (χ4v) is 3.68. The van der Waals surface area contributed by atoms with Crippen LogP contribution in [0.4, 0.5) is 18.9 Å². The molecule has 3 rings (SSSR count). The number of ether oxygens (including phenoxy) is 1. The van der Waals surface area contributed by atoms with Gasteiger partial charge in [0.15, 0.2) is 5.82 Å². The highest BCUT2D eigenvalue weighted by atomic mass is 35.5. The van der Waals surface area contributed by atoms with Gasteiger partial charge in [-0.05, 0) is 26.0 Å². The van der Waals surface area contributed by atoms with Crippen LogP contribution in [0.25, 0.3) is 5.82 Å². The Balaban J connectivity index is 1.73. The maximum absolute atomic E-state index is 12.7. The molecule has 11 heteroatoms. The molecule has 1 aliphatic heterocycles. The molecule has 7 nitrogen and oxygen atoms in total. The van der Waals surface area contributed by atoms with E-state index in [4.69, 9.17) is 16.3 Å². The van der Waals surface area contributed by atoms with Crippen molar-refractivity contribution in [3.05, 3.63) is 45.5 Å². The number of aromatic nitrogens is 3. The fraction of sp³-hybridized carbons (Fsp3) is 0.526. The maximum Gasteiger partial charge on any atom is 0.417 e. The highest BCUT2D eigenvalue weighted by Gasteiger charge is 2.31. The molecule has 0 N–H and O–H groups in total. The summed E-state index contributed by atoms with van der Waals surface area (Å²) in [7, 11) is 1.80. The lowest BCUT2D eigenvalue weighted by Crippen LogP contribution is -2.47. The maximum atomic E-state index is 12.7. The molecule has 164 valence electrons. The normalized spacial score (nSPS) is 20.4. The SMILES string of the molecule is C[C@@H]1CN(CCN(C)c2cnn(-c3ccc(C(F)(F)F)cn3)c(=O)c2Cl)C[C@H](C)O1. The quantitative estimate of drug-likeness (QED) is 0.705. The van der Waals surface area contributed by atoms with Crippen LogP contribution in [-0.2, 0) is 10.9 Å². The number of likely N-dealkylation sites (N-methyl/N-ethyl adjacent to an activating group) is 1. The molecule has 0 unspecified atom stereocenters. The Labute approximate surface area is 177 Å². The van der Waals surface area contributed by atoms with E-state index in [0.717, 1.165) is 36.4 Å². The van der Waals surface area contributed by atoms with E-state index in [0.29, 0.717) is 18.4 Å². The van der Waals surface area contributed by atoms with E-state index in [9.17, 15) is 18.0 Å². The Morgan fingerprint density at radius 1 is 1.23 bits per heavy atom. The molecule has 0 spiro atoms. The van der Waals surface area contributed by atoms with E-state index >= 15 is 0 Å². The Bertz CT molecular complexity index is 925. The molecule has 0 radical (unpaired) electrons. The summed E-state index contributed by atoms with van der Waals surface area (Å²) in [6, 6.07) is 1.92. The third-order valence-corrected chi connectivity index (χ3v) is 5.21. The summed E-state index contributed by atoms with van der Waals surface area (Å²) < 4.78 is 44.7. The van der Waals surface area contributed by atoms with Crippen LogP contribution in [0.3, 0.4) is 0 Å². The van der Waals surface area contributed by atoms with Crippen LogP contribution in [0.1, 0.15) is 19.4 Å². The van der Waals surface area contributed by atoms with Gasteiger partial charge >= 0.3 is 6.18 Å². The summed E-state index contributed by atoms with van der Waals surface area (Å²) in [5, 5.41) is 3.97. The number of rotatable bonds is 5. The first-order valence-electron chi connectivity index (χ1n) is 9.46. The summed E-state index contributed by atoms with van der Waals surface area (Å²) in [6.45, 7) is 7.08. The van der Waals surface area contributed by atoms with Crippen molar-refractivity contribution in [3.63, 3.8) is 0 Å². The van der Waals surface area contributed by atoms with E-state index in [1.807, 2.05) is 18.7 Å². The first kappa shape index (κ1) is 22.5. The van der Waals surface area contributed by atoms with E-state index in [1.54, 1.807) is 7.05 Å². The van der Waals surface area contributed by atoms with Gasteiger partial charge in [-0.2, -0.15) is 23.0 Å². The number of nitrogens with zero attached hydrogens (tertiary/aromatic N) is 5. The molecule has 2 aromatic rings. The zero-order valence-electron chi connectivity index (χ0n) is 16.9. The molecule has 1 aliphatic rings. The molecule has 2 aromatic heterocycles. The summed E-state index contributed by atoms with van der Waals surface area (Å²) in [4.78, 5) is 20.4. The van der Waals surface area contributed by atoms with Crippen LogP contribution in [0.5, 0.6) is 0 Å². The van der Waals surface area contributed by atoms with E-state index < -0.39 is 17.3 Å². The van der Waals surface area contributed by atoms with Crippen molar-refractivity contribution >= 4 is 17.3 Å². The second-order valence-corrected chi connectivity index (χ2v) is 7.78. The average Bonchev–Trinajstić information content (AvgIpc) is 2.67. The molecule has 0 aliphatic carbocycles. The van der Waals surface area contributed by atoms with E-state index in [-0.39, 0.29) is 23.0 Å². The lowest BCUT2D eigenvalue weighted by Gasteiger charge is -2.36. The van der Waals surface area contributed by atoms with Gasteiger partial charge in [0.25, 0.3) is 5.56 Å². The van der Waals surface area contributed by atoms with Gasteiger partial charge in [-0.15, -0.1) is 0 Å². The summed E-state index contributed by atoms with van der Waals surface area (Å²) >= 11 is 6.26. The largest absolute Gasteiger partial charge is 0.417 e. The Kier molecular flexibility index (Phi) is 6.68. The lowest BCUT2D eigenvalue weighted by atomic mass is 10.2. The van der Waals surface area contributed by atoms with Gasteiger partial charge in [-0.25, -0.2) is 4.98 Å². The molecular weight excluding hydrogens is 423 g/mol. The Morgan fingerprint density at radius 3 is 2.47 bits per heavy atom. The van der Waals surface area contributed by atoms with Crippen molar-refractivity contribution in [2.24, 2.45) is 0 Å². The van der Waals surface area contributed by atoms with Crippen LogP contribution >= 0.6 is 11.6 Å². The standard InChI is InChI=1S/C19H23ClF3N5O2/c1-12-10-27(11-13(2)30-12)7-6-26(3)15-9-25-28(18(29)17(15)20)16-5-4-14(8-24-16)19(21,22)23/h4-5,8-9,12-13H,6-7,10-11H2,1-3H3/t12-,13+. The molecule has 2 atom stereocenters. The Hall–Kier alpha value is -2.17. The highest BCUT2D eigenvalue weighted by molar-refractivity contribution is 6.33. The number of hydrogen-bond donors (Lipinski definition) is 0. The van der Waals surface area contributed by atoms with Gasteiger partial charge in [-0.3, -0.25) is 9.69 Å². The van der Waals surface area contributed by atoms with Crippen LogP contribution < -0.4 is 10.5 Å². The van der Waals surface area contributed by atoms with Gasteiger partial charge in [-0.1, -0.05) is 11.6 Å². The number of pyridine rings is 1. The predicted octanol–water partition coefficient (Wildman–Crippen LogP) is 2.85. The fourth-order valence-electron chi connectivity index (χ4n) is 3.41. The minimum atomic E-state index is -4.51. The molecule has 0 saturated carbocycles. The molecule has 30 heavy (non-hydrogen) atoms. The van der Waals surface area contributed by atoms with Crippen LogP contribution in [0.15, 0.2) is 29.3 Å². The smallest absolute Gasteiger partial charge is 0.373 e. The number of alkyl halides is 3. The van der Waals surface area contributed by atoms with Gasteiger partial charge in [0, 0.05) is 39.4 Å². The zero-order chi connectivity index (χ0) is 22.1. The van der Waals surface area contributed by atoms with Crippen molar-refractivity contribution in [1.29, 1.82) is 0 Å². The predicted molar refractivity (Wildman–Crippen MR) is 107 cm³/mol. The molecule has 0 bridgehead atoms. The third-order valence-electron chi connectivity index (χ3n) is 4.85. The minimum Gasteiger partial charge on any atom is -0.373 e. The first-order chi connectivity index (χ1) is 14.1. The molecule has 3 heterocycles. The summed E-state index contributed by atoms with van der Waals surface area (Å²) in [5.74, 6) is -0.0413. The third kappa shape index (κ3) is 5.11. The van der Waals surface area contributed by atoms with Crippen LogP contribution in [0, 0.1) is 0 Å². The van der Waals surface area contributed by atoms with Gasteiger partial charge < -0.3 is 9.64 Å². The van der Waals surface area contributed by atoms with Crippen LogP contribution in [0.2, 0.25) is 5.02 Å². The molecular formula is C19H23ClF3N5O2. The molecule has 1 saturated heterocycles. The monoisotopic (exact) mass is 445 g/mol. The van der Waals surface area contributed by atoms with Gasteiger partial charge in [0.05, 0.1) is 29.7 Å². The van der Waals surface area contributed by atoms with Crippen molar-refractivity contribution in [2.75, 3.05) is 38.1 Å². The Morgan fingerprint density at radius 2 is 1.90 bits per heavy atom. The van der Waals surface area contributed by atoms with Crippen LogP contribution in [-0.4, -0.2) is 65.1 Å². The van der Waals surface area contributed by atoms with E-state index in [2.05, 4.69) is 15.0 Å². The number of anilines is 1. The first-order valence-corrected chi connectivity index (χ1v) is 9.84. The van der Waals surface area contributed by atoms with Crippen molar-refractivity contribution in [3.8, 4) is 5.82 Å². The second-order valence-electron chi connectivity index (χ2n) is 7.40. The van der Waals surface area contributed by atoms with E-state index in [1.165, 1.54) is 6.20 Å². The number of morpholine rings is 1.